The number of terminal acetylenes is 2. The maximum absolute atomic E-state index is 12.3. The first-order chi connectivity index (χ1) is 40.2. The van der Waals surface area contributed by atoms with Crippen molar-refractivity contribution >= 4 is 65.4 Å². The average molecular weight is 1230 g/mol. The first-order valence-corrected chi connectivity index (χ1v) is 29.3. The lowest BCUT2D eigenvalue weighted by molar-refractivity contribution is -0.164. The number of aryl methyl sites for hydroxylation is 1. The molecule has 0 bridgehead atoms. The standard InChI is InChI=1S/2C16H24N2O4.C14H23NO5.C13H21NO5.C3H5N/c1-6-12(15(20)22-16(3,4)5)18-8-11(7-13(18)19)14-17-10(2)9-21-14;1-6-8-17-14(20)11-9-13(19)18(10-11)12(7-2)15(21)22-16(3,4)5;1-6-10(13(18)20-14(2,3)4)15-8-9(7-11(15)16)12(17)19-5;1-5-9(12(18)19-13(2,3)4)14-7-8(11(16)17)6-10(14)15;1-2-3-4/h9,11-12H,6-8H2,1-5H3;1,11-12H,7-10H2,2-5H3,(H,17,20);9-10H,6-8H2,1-5H3;8-9H,5-7H2,1-4H3,(H,16,17);1H,3-4H2. The number of nitrogens with zero attached hydrogens (tertiary/aromatic N) is 5. The number of amides is 5. The Kier molecular flexibility index (Phi) is 30.9. The minimum atomic E-state index is -1.00. The number of ether oxygens (including phenoxy) is 5. The summed E-state index contributed by atoms with van der Waals surface area (Å²) >= 11 is 0. The molecule has 488 valence electrons. The van der Waals surface area contributed by atoms with Crippen LogP contribution in [0.5, 0.6) is 0 Å². The van der Waals surface area contributed by atoms with Crippen LogP contribution in [-0.4, -0.2) is 188 Å². The van der Waals surface area contributed by atoms with Gasteiger partial charge >= 0.3 is 35.8 Å². The quantitative estimate of drug-likeness (QED) is 0.106. The summed E-state index contributed by atoms with van der Waals surface area (Å²) in [5.74, 6) is -0.870. The molecule has 4 fully saturated rings. The minimum Gasteiger partial charge on any atom is -0.481 e. The molecule has 8 unspecified atom stereocenters. The lowest BCUT2D eigenvalue weighted by Crippen LogP contribution is -2.45. The number of hydrogen-bond donors (Lipinski definition) is 3. The Morgan fingerprint density at radius 1 is 0.598 bits per heavy atom. The van der Waals surface area contributed by atoms with Crippen LogP contribution in [0, 0.1) is 49.4 Å². The molecule has 8 atom stereocenters. The number of rotatable bonds is 17. The lowest BCUT2D eigenvalue weighted by atomic mass is 10.1. The SMILES string of the molecule is C#CCN.C#CCNC(=O)C1CC(=O)N(C(CC)C(=O)OC(C)(C)C)C1.CCC(C(=O)OC(C)(C)C)N1CC(C(=O)O)CC1=O.CCC(C(=O)OC(C)(C)C)N1CC(C(=O)OC)CC1=O.CCC(C(=O)OC(C)(C)C)N1CC(c2nc(C)co2)CC1=O. The summed E-state index contributed by atoms with van der Waals surface area (Å²) < 4.78 is 31.4. The fraction of sp³-hybridized carbons (Fsp3) is 0.710. The number of carboxylic acid groups (broad SMARTS) is 1. The van der Waals surface area contributed by atoms with Crippen LogP contribution in [0.1, 0.15) is 180 Å². The van der Waals surface area contributed by atoms with Crippen LogP contribution in [0.2, 0.25) is 0 Å². The van der Waals surface area contributed by atoms with Crippen LogP contribution >= 0.6 is 0 Å². The van der Waals surface area contributed by atoms with E-state index >= 15 is 0 Å². The molecular weight excluding hydrogens is 1130 g/mol. The van der Waals surface area contributed by atoms with Crippen molar-refractivity contribution in [1.82, 2.24) is 29.9 Å². The van der Waals surface area contributed by atoms with E-state index in [1.807, 2.05) is 48.5 Å². The van der Waals surface area contributed by atoms with Gasteiger partial charge in [-0.1, -0.05) is 39.5 Å². The minimum absolute atomic E-state index is 0.0470. The van der Waals surface area contributed by atoms with E-state index in [1.54, 1.807) is 80.4 Å². The molecule has 0 aromatic carbocycles. The topological polar surface area (TPSA) is 331 Å². The van der Waals surface area contributed by atoms with Crippen molar-refractivity contribution in [3.8, 4) is 24.7 Å². The van der Waals surface area contributed by atoms with Gasteiger partial charge in [-0.05, 0) is 116 Å². The van der Waals surface area contributed by atoms with Crippen LogP contribution in [0.15, 0.2) is 10.7 Å². The maximum Gasteiger partial charge on any atom is 0.329 e. The zero-order chi connectivity index (χ0) is 67.1. The van der Waals surface area contributed by atoms with E-state index < -0.39 is 94.2 Å². The highest BCUT2D eigenvalue weighted by Gasteiger charge is 2.45. The van der Waals surface area contributed by atoms with Crippen LogP contribution in [0.25, 0.3) is 0 Å². The summed E-state index contributed by atoms with van der Waals surface area (Å²) in [5, 5.41) is 11.5. The summed E-state index contributed by atoms with van der Waals surface area (Å²) in [6.45, 7) is 31.9. The number of hydrogen-bond acceptors (Lipinski definition) is 19. The summed E-state index contributed by atoms with van der Waals surface area (Å²) in [6.07, 6.45) is 13.6. The lowest BCUT2D eigenvalue weighted by Gasteiger charge is -2.29. The number of oxazole rings is 1. The van der Waals surface area contributed by atoms with E-state index in [4.69, 9.17) is 40.6 Å². The van der Waals surface area contributed by atoms with Crippen LogP contribution in [0.4, 0.5) is 0 Å². The smallest absolute Gasteiger partial charge is 0.329 e. The van der Waals surface area contributed by atoms with Gasteiger partial charge in [0.25, 0.3) is 0 Å². The van der Waals surface area contributed by atoms with Crippen molar-refractivity contribution in [2.45, 2.75) is 222 Å². The number of aliphatic carboxylic acids is 1. The molecule has 4 saturated heterocycles. The van der Waals surface area contributed by atoms with Gasteiger partial charge in [0.1, 0.15) is 52.8 Å². The average Bonchev–Trinajstić information content (AvgIpc) is 2.00. The molecule has 0 radical (unpaired) electrons. The molecule has 87 heavy (non-hydrogen) atoms. The predicted octanol–water partition coefficient (Wildman–Crippen LogP) is 4.87. The number of methoxy groups -OCH3 is 1. The fourth-order valence-corrected chi connectivity index (χ4v) is 9.34. The normalized spacial score (nSPS) is 19.7. The number of carbonyl (C=O) groups is 11. The van der Waals surface area contributed by atoms with Crippen LogP contribution < -0.4 is 11.1 Å². The Balaban J connectivity index is 0.000000568. The Bertz CT molecular complexity index is 2630. The van der Waals surface area contributed by atoms with Crippen molar-refractivity contribution in [1.29, 1.82) is 0 Å². The highest BCUT2D eigenvalue weighted by Crippen LogP contribution is 2.31. The van der Waals surface area contributed by atoms with Crippen molar-refractivity contribution < 1.29 is 85.9 Å². The molecule has 25 heteroatoms. The second-order valence-electron chi connectivity index (χ2n) is 25.1. The molecule has 25 nitrogen and oxygen atoms in total. The first-order valence-electron chi connectivity index (χ1n) is 29.3. The molecule has 4 aliphatic heterocycles. The molecule has 4 N–H and O–H groups in total. The third kappa shape index (κ3) is 26.1. The van der Waals surface area contributed by atoms with E-state index in [0.717, 1.165) is 5.69 Å². The number of aromatic nitrogens is 1. The summed E-state index contributed by atoms with van der Waals surface area (Å²) in [4.78, 5) is 141. The van der Waals surface area contributed by atoms with E-state index in [-0.39, 0.29) is 86.9 Å². The second kappa shape index (κ2) is 34.7. The maximum atomic E-state index is 12.3. The molecule has 5 heterocycles. The van der Waals surface area contributed by atoms with Gasteiger partial charge in [-0.2, -0.15) is 0 Å². The Morgan fingerprint density at radius 2 is 0.920 bits per heavy atom. The number of nitrogens with one attached hydrogen (secondary N) is 1. The van der Waals surface area contributed by atoms with Gasteiger partial charge in [0, 0.05) is 51.9 Å². The van der Waals surface area contributed by atoms with Gasteiger partial charge in [-0.25, -0.2) is 24.2 Å². The van der Waals surface area contributed by atoms with Crippen LogP contribution in [0.3, 0.4) is 0 Å². The van der Waals surface area contributed by atoms with Gasteiger partial charge in [-0.15, -0.1) is 12.8 Å². The molecule has 0 aliphatic carbocycles. The summed E-state index contributed by atoms with van der Waals surface area (Å²) in [7, 11) is 1.29. The number of esters is 5. The van der Waals surface area contributed by atoms with Crippen molar-refractivity contribution in [3.05, 3.63) is 17.8 Å². The zero-order valence-electron chi connectivity index (χ0n) is 54.5. The molecule has 0 saturated carbocycles. The van der Waals surface area contributed by atoms with Crippen molar-refractivity contribution in [3.63, 3.8) is 0 Å². The van der Waals surface area contributed by atoms with Gasteiger partial charge in [0.15, 0.2) is 5.89 Å². The highest BCUT2D eigenvalue weighted by atomic mass is 16.6. The molecule has 1 aromatic heterocycles. The van der Waals surface area contributed by atoms with E-state index in [9.17, 15) is 52.7 Å². The third-order valence-electron chi connectivity index (χ3n) is 13.1. The van der Waals surface area contributed by atoms with E-state index in [2.05, 4.69) is 33.3 Å². The number of carboxylic acids is 1. The fourth-order valence-electron chi connectivity index (χ4n) is 9.34. The molecule has 1 aromatic rings. The third-order valence-corrected chi connectivity index (χ3v) is 13.1. The van der Waals surface area contributed by atoms with Gasteiger partial charge in [-0.3, -0.25) is 33.6 Å². The number of nitrogens with two attached hydrogens (primary N) is 1. The Hall–Kier alpha value is -7.54. The molecule has 4 aliphatic rings. The monoisotopic (exact) mass is 1230 g/mol. The van der Waals surface area contributed by atoms with Gasteiger partial charge < -0.3 is 63.9 Å². The Morgan fingerprint density at radius 3 is 1.21 bits per heavy atom. The largest absolute Gasteiger partial charge is 0.481 e. The number of likely N-dealkylation sites (tertiary alicyclic amines) is 4. The molecular formula is C62H97N7O18. The zero-order valence-corrected chi connectivity index (χ0v) is 54.5. The second-order valence-corrected chi connectivity index (χ2v) is 25.1. The van der Waals surface area contributed by atoms with Crippen LogP contribution in [-0.2, 0) is 76.4 Å². The first kappa shape index (κ1) is 77.5. The Labute approximate surface area is 513 Å². The van der Waals surface area contributed by atoms with Gasteiger partial charge in [0.2, 0.25) is 29.5 Å². The predicted molar refractivity (Wildman–Crippen MR) is 319 cm³/mol. The van der Waals surface area contributed by atoms with E-state index in [0.29, 0.717) is 51.1 Å². The summed E-state index contributed by atoms with van der Waals surface area (Å²) in [5.41, 5.74) is 3.18. The number of carbonyl (C=O) groups excluding carboxylic acids is 10. The van der Waals surface area contributed by atoms with Crippen molar-refractivity contribution in [2.75, 3.05) is 46.4 Å². The molecule has 5 amide bonds. The van der Waals surface area contributed by atoms with Crippen molar-refractivity contribution in [2.24, 2.45) is 23.5 Å². The molecule has 0 spiro atoms. The van der Waals surface area contributed by atoms with Gasteiger partial charge in [0.05, 0.1) is 49.6 Å². The molecule has 5 rings (SSSR count). The van der Waals surface area contributed by atoms with E-state index in [1.165, 1.54) is 21.8 Å². The summed E-state index contributed by atoms with van der Waals surface area (Å²) in [6, 6.07) is -2.54. The highest BCUT2D eigenvalue weighted by molar-refractivity contribution is 5.93.